The molecule has 0 aromatic heterocycles. The van der Waals surface area contributed by atoms with Crippen molar-refractivity contribution in [2.45, 2.75) is 12.8 Å². The van der Waals surface area contributed by atoms with Gasteiger partial charge >= 0.3 is 0 Å². The Bertz CT molecular complexity index is 1240. The molecule has 5 rings (SSSR count). The molecule has 5 aliphatic heterocycles. The first-order valence-electron chi connectivity index (χ1n) is 9.92. The van der Waals surface area contributed by atoms with E-state index in [1.54, 1.807) is 0 Å². The third-order valence-corrected chi connectivity index (χ3v) is 5.13. The van der Waals surface area contributed by atoms with Gasteiger partial charge in [-0.05, 0) is 84.7 Å². The number of aliphatic imine (C=N–C) groups is 4. The smallest absolute Gasteiger partial charge is 0.0697 e. The van der Waals surface area contributed by atoms with Crippen LogP contribution in [0.3, 0.4) is 0 Å². The molecule has 0 spiro atoms. The molecule has 0 fully saturated rings. The standard InChI is InChI=1S/C26H20N4/c1-3-5-23-24(6-4-2)26-16-22-12-10-20(29-22)14-18-8-7-17(27-18)13-19-9-11-21(28-19)15-25(23)30-26/h3-4,7-16H,1-2,5-6H2. The van der Waals surface area contributed by atoms with E-state index in [1.165, 1.54) is 0 Å². The minimum atomic E-state index is 0.739. The number of hydrogen-bond acceptors (Lipinski definition) is 4. The van der Waals surface area contributed by atoms with E-state index in [9.17, 15) is 0 Å². The van der Waals surface area contributed by atoms with Crippen molar-refractivity contribution in [1.29, 1.82) is 0 Å². The molecule has 0 saturated heterocycles. The topological polar surface area (TPSA) is 49.4 Å². The number of rotatable bonds is 4. The van der Waals surface area contributed by atoms with Gasteiger partial charge in [0, 0.05) is 0 Å². The van der Waals surface area contributed by atoms with Gasteiger partial charge in [-0.1, -0.05) is 12.2 Å². The highest BCUT2D eigenvalue weighted by Crippen LogP contribution is 2.33. The van der Waals surface area contributed by atoms with Crippen LogP contribution in [0.4, 0.5) is 0 Å². The van der Waals surface area contributed by atoms with Crippen LogP contribution < -0.4 is 0 Å². The van der Waals surface area contributed by atoms with Crippen molar-refractivity contribution in [1.82, 2.24) is 0 Å². The molecular formula is C26H20N4. The fourth-order valence-corrected chi connectivity index (χ4v) is 3.81. The van der Waals surface area contributed by atoms with Crippen molar-refractivity contribution >= 4 is 22.8 Å². The normalized spacial score (nSPS) is 20.9. The van der Waals surface area contributed by atoms with Gasteiger partial charge in [0.1, 0.15) is 0 Å². The second-order valence-electron chi connectivity index (χ2n) is 7.29. The maximum Gasteiger partial charge on any atom is 0.0697 e. The molecule has 0 saturated carbocycles. The quantitative estimate of drug-likeness (QED) is 0.573. The summed E-state index contributed by atoms with van der Waals surface area (Å²) in [5.74, 6) is 0. The lowest BCUT2D eigenvalue weighted by Crippen LogP contribution is -1.98. The van der Waals surface area contributed by atoms with Crippen LogP contribution in [-0.2, 0) is 0 Å². The summed E-state index contributed by atoms with van der Waals surface area (Å²) in [7, 11) is 0. The third-order valence-electron chi connectivity index (χ3n) is 5.13. The summed E-state index contributed by atoms with van der Waals surface area (Å²) in [6.45, 7) is 7.87. The molecule has 0 amide bonds. The van der Waals surface area contributed by atoms with E-state index >= 15 is 0 Å². The Morgan fingerprint density at radius 3 is 1.63 bits per heavy atom. The van der Waals surface area contributed by atoms with Crippen molar-refractivity contribution < 1.29 is 0 Å². The average molecular weight is 388 g/mol. The van der Waals surface area contributed by atoms with Crippen LogP contribution in [-0.4, -0.2) is 22.8 Å². The first-order valence-corrected chi connectivity index (χ1v) is 9.92. The van der Waals surface area contributed by atoms with Gasteiger partial charge in [0.25, 0.3) is 0 Å². The SMILES string of the molecule is C=CCC1=C(CC=C)C2=NC1=CC1=NC(=CC3=NC(=CC4=NC(=C2)C=C4)C=C3)C=C1. The first kappa shape index (κ1) is 18.1. The van der Waals surface area contributed by atoms with Crippen molar-refractivity contribution in [2.75, 3.05) is 0 Å². The maximum absolute atomic E-state index is 4.94. The molecule has 0 aromatic carbocycles. The minimum Gasteiger partial charge on any atom is -0.249 e. The zero-order valence-corrected chi connectivity index (χ0v) is 16.5. The Balaban J connectivity index is 1.69. The average Bonchev–Trinajstić information content (AvgIpc) is 3.50. The largest absolute Gasteiger partial charge is 0.249 e. The highest BCUT2D eigenvalue weighted by Gasteiger charge is 2.22. The van der Waals surface area contributed by atoms with Crippen LogP contribution in [0.25, 0.3) is 0 Å². The lowest BCUT2D eigenvalue weighted by atomic mass is 9.97. The van der Waals surface area contributed by atoms with Crippen LogP contribution >= 0.6 is 0 Å². The van der Waals surface area contributed by atoms with Crippen LogP contribution in [0.2, 0.25) is 0 Å². The molecule has 144 valence electrons. The van der Waals surface area contributed by atoms with Gasteiger partial charge in [0.2, 0.25) is 0 Å². The van der Waals surface area contributed by atoms with Gasteiger partial charge in [-0.25, -0.2) is 20.0 Å². The molecule has 4 heteroatoms. The van der Waals surface area contributed by atoms with E-state index in [4.69, 9.17) is 15.0 Å². The third kappa shape index (κ3) is 3.44. The summed E-state index contributed by atoms with van der Waals surface area (Å²) in [5, 5.41) is 0. The number of fused-ring (bicyclic) bond motifs is 4. The van der Waals surface area contributed by atoms with Crippen molar-refractivity contribution in [3.8, 4) is 0 Å². The molecule has 4 nitrogen and oxygen atoms in total. The molecule has 8 bridgehead atoms. The van der Waals surface area contributed by atoms with Crippen LogP contribution in [0.15, 0.2) is 140 Å². The second-order valence-corrected chi connectivity index (χ2v) is 7.29. The Kier molecular flexibility index (Phi) is 4.52. The van der Waals surface area contributed by atoms with E-state index in [0.29, 0.717) is 0 Å². The Morgan fingerprint density at radius 2 is 1.07 bits per heavy atom. The molecular weight excluding hydrogens is 368 g/mol. The molecule has 30 heavy (non-hydrogen) atoms. The summed E-state index contributed by atoms with van der Waals surface area (Å²) < 4.78 is 0. The second kappa shape index (κ2) is 7.48. The van der Waals surface area contributed by atoms with Crippen LogP contribution in [0.1, 0.15) is 12.8 Å². The highest BCUT2D eigenvalue weighted by atomic mass is 14.8. The number of allylic oxidation sites excluding steroid dienone is 14. The van der Waals surface area contributed by atoms with E-state index in [2.05, 4.69) is 18.2 Å². The highest BCUT2D eigenvalue weighted by molar-refractivity contribution is 6.16. The molecule has 0 aliphatic carbocycles. The van der Waals surface area contributed by atoms with Gasteiger partial charge in [-0.2, -0.15) is 0 Å². The molecule has 0 aromatic rings. The monoisotopic (exact) mass is 388 g/mol. The molecule has 5 heterocycles. The first-order chi connectivity index (χ1) is 14.7. The maximum atomic E-state index is 4.94. The summed E-state index contributed by atoms with van der Waals surface area (Å²) in [4.78, 5) is 19.0. The molecule has 0 radical (unpaired) electrons. The Labute approximate surface area is 176 Å². The van der Waals surface area contributed by atoms with Crippen molar-refractivity contribution in [2.24, 2.45) is 20.0 Å². The minimum absolute atomic E-state index is 0.739. The van der Waals surface area contributed by atoms with E-state index < -0.39 is 0 Å². The fraction of sp³-hybridized carbons (Fsp3) is 0.0769. The van der Waals surface area contributed by atoms with Gasteiger partial charge < -0.3 is 0 Å². The van der Waals surface area contributed by atoms with Gasteiger partial charge in [0.05, 0.1) is 45.6 Å². The van der Waals surface area contributed by atoms with E-state index in [0.717, 1.165) is 69.6 Å². The summed E-state index contributed by atoms with van der Waals surface area (Å²) in [6, 6.07) is 0. The molecule has 0 unspecified atom stereocenters. The molecule has 0 atom stereocenters. The van der Waals surface area contributed by atoms with Gasteiger partial charge in [-0.3, -0.25) is 0 Å². The van der Waals surface area contributed by atoms with Crippen LogP contribution in [0, 0.1) is 0 Å². The summed E-state index contributed by atoms with van der Waals surface area (Å²) >= 11 is 0. The number of hydrogen-bond donors (Lipinski definition) is 0. The summed E-state index contributed by atoms with van der Waals surface area (Å²) in [6.07, 6.45) is 25.3. The van der Waals surface area contributed by atoms with Crippen molar-refractivity contribution in [3.05, 3.63) is 120 Å². The van der Waals surface area contributed by atoms with Gasteiger partial charge in [0.15, 0.2) is 0 Å². The Morgan fingerprint density at radius 1 is 0.567 bits per heavy atom. The molecule has 5 aliphatic rings. The zero-order chi connectivity index (χ0) is 20.5. The fourth-order valence-electron chi connectivity index (χ4n) is 3.81. The molecule has 0 N–H and O–H groups in total. The predicted molar refractivity (Wildman–Crippen MR) is 126 cm³/mol. The lowest BCUT2D eigenvalue weighted by Gasteiger charge is -2.05. The predicted octanol–water partition coefficient (Wildman–Crippen LogP) is 5.47. The van der Waals surface area contributed by atoms with Crippen LogP contribution in [0.5, 0.6) is 0 Å². The number of nitrogens with zero attached hydrogens (tertiary/aromatic N) is 4. The van der Waals surface area contributed by atoms with Crippen molar-refractivity contribution in [3.63, 3.8) is 0 Å². The lowest BCUT2D eigenvalue weighted by molar-refractivity contribution is 1.17. The zero-order valence-electron chi connectivity index (χ0n) is 16.5. The van der Waals surface area contributed by atoms with Gasteiger partial charge in [-0.15, -0.1) is 13.2 Å². The summed E-state index contributed by atoms with van der Waals surface area (Å²) in [5.41, 5.74) is 9.42. The van der Waals surface area contributed by atoms with E-state index in [-0.39, 0.29) is 0 Å². The Hall–Kier alpha value is -3.92. The van der Waals surface area contributed by atoms with E-state index in [1.807, 2.05) is 72.9 Å².